The first-order valence-corrected chi connectivity index (χ1v) is 4.44. The summed E-state index contributed by atoms with van der Waals surface area (Å²) in [6, 6.07) is 0. The van der Waals surface area contributed by atoms with Crippen LogP contribution in [0.1, 0.15) is 13.8 Å². The monoisotopic (exact) mass is 196 g/mol. The van der Waals surface area contributed by atoms with Crippen LogP contribution >= 0.6 is 0 Å². The second-order valence-corrected chi connectivity index (χ2v) is 2.77. The normalized spacial score (nSPS) is 17.6. The molecule has 0 radical (unpaired) electrons. The Hall–Kier alpha value is -1.19. The number of carbonyl (C=O) groups is 1. The van der Waals surface area contributed by atoms with Crippen LogP contribution in [0.25, 0.3) is 0 Å². The van der Waals surface area contributed by atoms with Gasteiger partial charge in [-0.1, -0.05) is 30.4 Å². The Morgan fingerprint density at radius 2 is 1.86 bits per heavy atom. The first-order valence-electron chi connectivity index (χ1n) is 4.44. The molecule has 0 bridgehead atoms. The summed E-state index contributed by atoms with van der Waals surface area (Å²) >= 11 is 0. The van der Waals surface area contributed by atoms with Gasteiger partial charge in [0, 0.05) is 5.57 Å². The maximum absolute atomic E-state index is 10.6. The minimum atomic E-state index is -1.17. The van der Waals surface area contributed by atoms with Crippen molar-refractivity contribution in [2.45, 2.75) is 26.1 Å². The highest BCUT2D eigenvalue weighted by atomic mass is 16.3. The molecule has 2 N–H and O–H groups in total. The van der Waals surface area contributed by atoms with Crippen LogP contribution in [0, 0.1) is 0 Å². The van der Waals surface area contributed by atoms with Crippen molar-refractivity contribution < 1.29 is 15.0 Å². The number of hydrogen-bond donors (Lipinski definition) is 2. The van der Waals surface area contributed by atoms with Gasteiger partial charge in [0.25, 0.3) is 0 Å². The van der Waals surface area contributed by atoms with Gasteiger partial charge in [-0.25, -0.2) is 0 Å². The summed E-state index contributed by atoms with van der Waals surface area (Å²) < 4.78 is 0. The summed E-state index contributed by atoms with van der Waals surface area (Å²) in [7, 11) is 0. The molecule has 0 aliphatic carbocycles. The van der Waals surface area contributed by atoms with Crippen molar-refractivity contribution in [3.8, 4) is 0 Å². The van der Waals surface area contributed by atoms with E-state index in [-0.39, 0.29) is 5.57 Å². The minimum Gasteiger partial charge on any atom is -0.386 e. The van der Waals surface area contributed by atoms with E-state index >= 15 is 0 Å². The lowest BCUT2D eigenvalue weighted by Crippen LogP contribution is -2.26. The second-order valence-electron chi connectivity index (χ2n) is 2.77. The molecule has 0 saturated heterocycles. The molecule has 14 heavy (non-hydrogen) atoms. The molecule has 0 aliphatic rings. The molecule has 0 rings (SSSR count). The van der Waals surface area contributed by atoms with Gasteiger partial charge in [-0.15, -0.1) is 0 Å². The molecule has 0 aliphatic heterocycles. The molecule has 0 aromatic rings. The predicted octanol–water partition coefficient (Wildman–Crippen LogP) is 0.986. The standard InChI is InChI=1S/C11H16O3/c1-3-5-7-9(8-12)11(14)10(13)6-4-2/h3-8,10-11,13-14H,1-2H3/b5-3+,6-4+,9-7+. The largest absolute Gasteiger partial charge is 0.386 e. The summed E-state index contributed by atoms with van der Waals surface area (Å²) in [6.07, 6.45) is 6.22. The van der Waals surface area contributed by atoms with Gasteiger partial charge in [-0.2, -0.15) is 0 Å². The number of hydrogen-bond acceptors (Lipinski definition) is 3. The Morgan fingerprint density at radius 1 is 1.21 bits per heavy atom. The first-order chi connectivity index (χ1) is 6.67. The molecule has 0 saturated carbocycles. The van der Waals surface area contributed by atoms with Gasteiger partial charge < -0.3 is 10.2 Å². The molecule has 3 heteroatoms. The first kappa shape index (κ1) is 12.8. The Balaban J connectivity index is 4.60. The van der Waals surface area contributed by atoms with E-state index in [1.54, 1.807) is 32.1 Å². The Bertz CT molecular complexity index is 251. The van der Waals surface area contributed by atoms with E-state index in [9.17, 15) is 15.0 Å². The zero-order chi connectivity index (χ0) is 11.0. The highest BCUT2D eigenvalue weighted by molar-refractivity contribution is 5.75. The molecule has 0 aromatic heterocycles. The number of aldehydes is 1. The van der Waals surface area contributed by atoms with Gasteiger partial charge in [0.1, 0.15) is 18.5 Å². The summed E-state index contributed by atoms with van der Waals surface area (Å²) in [4.78, 5) is 10.6. The number of rotatable bonds is 5. The van der Waals surface area contributed by atoms with Crippen LogP contribution in [0.3, 0.4) is 0 Å². The Labute approximate surface area is 84.1 Å². The van der Waals surface area contributed by atoms with Crippen LogP contribution in [-0.4, -0.2) is 28.7 Å². The zero-order valence-corrected chi connectivity index (χ0v) is 8.42. The zero-order valence-electron chi connectivity index (χ0n) is 8.42. The van der Waals surface area contributed by atoms with Gasteiger partial charge in [0.2, 0.25) is 0 Å². The minimum absolute atomic E-state index is 0.161. The van der Waals surface area contributed by atoms with Gasteiger partial charge in [0.15, 0.2) is 0 Å². The van der Waals surface area contributed by atoms with E-state index in [4.69, 9.17) is 0 Å². The highest BCUT2D eigenvalue weighted by Crippen LogP contribution is 2.06. The quantitative estimate of drug-likeness (QED) is 0.298. The van der Waals surface area contributed by atoms with Crippen LogP contribution in [0.15, 0.2) is 36.0 Å². The second kappa shape index (κ2) is 7.24. The predicted molar refractivity (Wildman–Crippen MR) is 55.8 cm³/mol. The number of carbonyl (C=O) groups excluding carboxylic acids is 1. The Kier molecular flexibility index (Phi) is 6.62. The van der Waals surface area contributed by atoms with E-state index in [1.807, 2.05) is 0 Å². The fourth-order valence-corrected chi connectivity index (χ4v) is 0.915. The van der Waals surface area contributed by atoms with Crippen LogP contribution in [-0.2, 0) is 4.79 Å². The molecule has 0 aromatic carbocycles. The van der Waals surface area contributed by atoms with Crippen molar-refractivity contribution >= 4 is 6.29 Å². The van der Waals surface area contributed by atoms with Gasteiger partial charge in [-0.3, -0.25) is 4.79 Å². The molecule has 78 valence electrons. The number of allylic oxidation sites excluding steroid dienone is 4. The van der Waals surface area contributed by atoms with E-state index in [0.717, 1.165) is 0 Å². The number of aliphatic hydroxyl groups excluding tert-OH is 2. The summed E-state index contributed by atoms with van der Waals surface area (Å²) in [5.41, 5.74) is 0.161. The molecule has 0 spiro atoms. The van der Waals surface area contributed by atoms with Crippen molar-refractivity contribution in [2.24, 2.45) is 0 Å². The average molecular weight is 196 g/mol. The lowest BCUT2D eigenvalue weighted by atomic mass is 10.0. The van der Waals surface area contributed by atoms with Crippen molar-refractivity contribution in [3.05, 3.63) is 36.0 Å². The van der Waals surface area contributed by atoms with E-state index in [0.29, 0.717) is 6.29 Å². The third-order valence-corrected chi connectivity index (χ3v) is 1.67. The number of aliphatic hydroxyl groups is 2. The van der Waals surface area contributed by atoms with Crippen LogP contribution in [0.2, 0.25) is 0 Å². The molecule has 0 amide bonds. The molecule has 2 atom stereocenters. The highest BCUT2D eigenvalue weighted by Gasteiger charge is 2.16. The van der Waals surface area contributed by atoms with Crippen molar-refractivity contribution in [1.82, 2.24) is 0 Å². The SMILES string of the molecule is C/C=C/C=C(\C=O)C(O)C(O)/C=C/C. The van der Waals surface area contributed by atoms with Gasteiger partial charge in [-0.05, 0) is 13.8 Å². The van der Waals surface area contributed by atoms with E-state index in [1.165, 1.54) is 12.2 Å². The Morgan fingerprint density at radius 3 is 2.29 bits per heavy atom. The smallest absolute Gasteiger partial charge is 0.148 e. The van der Waals surface area contributed by atoms with Crippen molar-refractivity contribution in [3.63, 3.8) is 0 Å². The van der Waals surface area contributed by atoms with Crippen LogP contribution < -0.4 is 0 Å². The fourth-order valence-electron chi connectivity index (χ4n) is 0.915. The molecular weight excluding hydrogens is 180 g/mol. The third kappa shape index (κ3) is 4.16. The molecule has 3 nitrogen and oxygen atoms in total. The summed E-state index contributed by atoms with van der Waals surface area (Å²) in [5, 5.41) is 18.9. The maximum Gasteiger partial charge on any atom is 0.148 e. The maximum atomic E-state index is 10.6. The van der Waals surface area contributed by atoms with Crippen molar-refractivity contribution in [2.75, 3.05) is 0 Å². The summed E-state index contributed by atoms with van der Waals surface area (Å²) in [5.74, 6) is 0. The molecular formula is C11H16O3. The van der Waals surface area contributed by atoms with Crippen LogP contribution in [0.4, 0.5) is 0 Å². The van der Waals surface area contributed by atoms with Gasteiger partial charge >= 0.3 is 0 Å². The van der Waals surface area contributed by atoms with Gasteiger partial charge in [0.05, 0.1) is 0 Å². The lowest BCUT2D eigenvalue weighted by molar-refractivity contribution is -0.106. The van der Waals surface area contributed by atoms with E-state index < -0.39 is 12.2 Å². The molecule has 2 unspecified atom stereocenters. The lowest BCUT2D eigenvalue weighted by Gasteiger charge is -2.13. The fraction of sp³-hybridized carbons (Fsp3) is 0.364. The molecule has 0 fully saturated rings. The third-order valence-electron chi connectivity index (χ3n) is 1.67. The topological polar surface area (TPSA) is 57.5 Å². The van der Waals surface area contributed by atoms with Crippen molar-refractivity contribution in [1.29, 1.82) is 0 Å². The average Bonchev–Trinajstić information content (AvgIpc) is 2.19. The summed E-state index contributed by atoms with van der Waals surface area (Å²) in [6.45, 7) is 3.53. The van der Waals surface area contributed by atoms with E-state index in [2.05, 4.69) is 0 Å². The molecule has 0 heterocycles. The van der Waals surface area contributed by atoms with Crippen LogP contribution in [0.5, 0.6) is 0 Å².